The van der Waals surface area contributed by atoms with E-state index in [1.165, 1.54) is 26.8 Å². The molecule has 0 aromatic rings. The van der Waals surface area contributed by atoms with Gasteiger partial charge in [0.25, 0.3) is 0 Å². The molecule has 506 valence electrons. The van der Waals surface area contributed by atoms with Crippen LogP contribution < -0.4 is 0 Å². The molecule has 0 aromatic heterocycles. The Hall–Kier alpha value is -3.40. The molecule has 27 nitrogen and oxygen atoms in total. The lowest BCUT2D eigenvalue weighted by Gasteiger charge is -2.72. The lowest BCUT2D eigenvalue weighted by molar-refractivity contribution is -0.386. The van der Waals surface area contributed by atoms with Gasteiger partial charge < -0.3 is 113 Å². The fourth-order valence-corrected chi connectivity index (χ4v) is 17.8. The number of rotatable bonds is 16. The molecule has 9 aliphatic rings. The van der Waals surface area contributed by atoms with Gasteiger partial charge in [-0.3, -0.25) is 9.59 Å². The number of hydrogen-bond acceptors (Lipinski definition) is 26. The van der Waals surface area contributed by atoms with Crippen molar-refractivity contribution in [1.82, 2.24) is 0 Å². The lowest BCUT2D eigenvalue weighted by atomic mass is 9.33. The topological polar surface area (TPSA) is 413 Å². The first-order valence-electron chi connectivity index (χ1n) is 31.2. The van der Waals surface area contributed by atoms with Crippen molar-refractivity contribution in [1.29, 1.82) is 0 Å². The molecule has 4 aliphatic heterocycles. The average molecular weight is 1270 g/mol. The first-order valence-corrected chi connectivity index (χ1v) is 31.2. The van der Waals surface area contributed by atoms with Crippen LogP contribution >= 0.6 is 0 Å². The van der Waals surface area contributed by atoms with Gasteiger partial charge in [-0.15, -0.1) is 0 Å². The number of esters is 3. The number of fused-ring (bicyclic) bond motifs is 7. The minimum atomic E-state index is -2.13. The maximum Gasteiger partial charge on any atom is 0.335 e. The monoisotopic (exact) mass is 1270 g/mol. The van der Waals surface area contributed by atoms with E-state index >= 15 is 0 Å². The van der Waals surface area contributed by atoms with Crippen LogP contribution in [0.15, 0.2) is 23.3 Å². The van der Waals surface area contributed by atoms with E-state index in [9.17, 15) is 80.5 Å². The third-order valence-electron chi connectivity index (χ3n) is 22.9. The second kappa shape index (κ2) is 25.7. The molecule has 27 heteroatoms. The van der Waals surface area contributed by atoms with Crippen molar-refractivity contribution in [3.8, 4) is 0 Å². The summed E-state index contributed by atoms with van der Waals surface area (Å²) in [7, 11) is 0. The molecule has 4 heterocycles. The number of carbonyl (C=O) groups is 4. The molecule has 3 unspecified atom stereocenters. The Morgan fingerprint density at radius 1 is 0.607 bits per heavy atom. The number of aliphatic carboxylic acids is 1. The van der Waals surface area contributed by atoms with Crippen LogP contribution in [0.2, 0.25) is 0 Å². The predicted octanol–water partition coefficient (Wildman–Crippen LogP) is -0.232. The molecular weight excluding hydrogens is 1180 g/mol. The number of allylic oxidation sites excluding steroid dienone is 3. The van der Waals surface area contributed by atoms with Gasteiger partial charge >= 0.3 is 23.9 Å². The van der Waals surface area contributed by atoms with E-state index in [0.717, 1.165) is 5.57 Å². The van der Waals surface area contributed by atoms with E-state index in [1.807, 2.05) is 27.7 Å². The Bertz CT molecular complexity index is 2650. The lowest BCUT2D eigenvalue weighted by Crippen LogP contribution is -2.73. The van der Waals surface area contributed by atoms with Crippen molar-refractivity contribution in [2.75, 3.05) is 19.8 Å². The third-order valence-corrected chi connectivity index (χ3v) is 22.9. The normalized spacial score (nSPS) is 49.4. The fraction of sp³-hybridized carbons (Fsp3) is 0.871. The summed E-state index contributed by atoms with van der Waals surface area (Å²) in [5.74, 6) is -4.61. The van der Waals surface area contributed by atoms with Crippen LogP contribution in [-0.2, 0) is 71.3 Å². The van der Waals surface area contributed by atoms with Crippen molar-refractivity contribution in [2.24, 2.45) is 50.2 Å². The maximum absolute atomic E-state index is 13.4. The van der Waals surface area contributed by atoms with Crippen molar-refractivity contribution in [3.05, 3.63) is 23.3 Å². The molecule has 89 heavy (non-hydrogen) atoms. The van der Waals surface area contributed by atoms with Gasteiger partial charge in [0.15, 0.2) is 43.5 Å². The van der Waals surface area contributed by atoms with Gasteiger partial charge in [-0.05, 0) is 111 Å². The molecular formula is C62H96O27. The summed E-state index contributed by atoms with van der Waals surface area (Å²) in [6, 6.07) is 0. The second-order valence-electron chi connectivity index (χ2n) is 28.6. The van der Waals surface area contributed by atoms with Crippen molar-refractivity contribution in [3.63, 3.8) is 0 Å². The van der Waals surface area contributed by atoms with Crippen molar-refractivity contribution < 1.29 is 133 Å². The average Bonchev–Trinajstić information content (AvgIpc) is 1.46. The Morgan fingerprint density at radius 3 is 1.76 bits per heavy atom. The van der Waals surface area contributed by atoms with Crippen LogP contribution in [0.3, 0.4) is 0 Å². The summed E-state index contributed by atoms with van der Waals surface area (Å²) in [4.78, 5) is 51.9. The minimum absolute atomic E-state index is 0.0386. The van der Waals surface area contributed by atoms with E-state index in [4.69, 9.17) is 52.1 Å². The predicted molar refractivity (Wildman–Crippen MR) is 302 cm³/mol. The Morgan fingerprint density at radius 2 is 1.19 bits per heavy atom. The molecule has 0 amide bonds. The number of carbonyl (C=O) groups excluding carboxylic acids is 3. The van der Waals surface area contributed by atoms with E-state index in [1.54, 1.807) is 13.8 Å². The zero-order chi connectivity index (χ0) is 65.7. The fourth-order valence-electron chi connectivity index (χ4n) is 17.8. The quantitative estimate of drug-likeness (QED) is 0.0312. The van der Waals surface area contributed by atoms with Crippen LogP contribution in [0.5, 0.6) is 0 Å². The second-order valence-corrected chi connectivity index (χ2v) is 28.6. The van der Waals surface area contributed by atoms with Crippen LogP contribution in [0.4, 0.5) is 0 Å². The molecule has 9 rings (SSSR count). The largest absolute Gasteiger partial charge is 0.479 e. The SMILES string of the molecule is C/C=C(/C)C(=O)O[C@H]1[C@@H](O)[C@H](O[C@H]2[C@H](OC(C)=O)[C@@]3(CO)C(CC2(C)C)C2=CCC4[C@@]5(C)CC[C@H](O[C@@H]6O[C@H](C(=O)O)[C@@H](O)[C@H](O[C@@H]7O[C@@H](CO)[C@H](O)[C@H]7O)[C@H]6O[C@@H]6O[C@H](CO)[C@H](O)[C@H](O)[C@H]6O)C(C)(C)C5CC[C@@]4(C)[C@]2(C)C[C@H]3O)O[C@@H](C)[C@@H]1OC(C)=O. The molecule has 0 spiro atoms. The van der Waals surface area contributed by atoms with E-state index < -0.39 is 223 Å². The Labute approximate surface area is 517 Å². The van der Waals surface area contributed by atoms with Gasteiger partial charge in [-0.1, -0.05) is 66.2 Å². The molecule has 0 aromatic carbocycles. The molecule has 4 saturated heterocycles. The van der Waals surface area contributed by atoms with Gasteiger partial charge in [-0.2, -0.15) is 0 Å². The Kier molecular flexibility index (Phi) is 20.2. The summed E-state index contributed by atoms with van der Waals surface area (Å²) in [6.45, 7) is 19.5. The van der Waals surface area contributed by atoms with E-state index in [2.05, 4.69) is 26.8 Å². The molecule has 0 bridgehead atoms. The van der Waals surface area contributed by atoms with Gasteiger partial charge in [0.1, 0.15) is 79.4 Å². The van der Waals surface area contributed by atoms with E-state index in [0.29, 0.717) is 38.5 Å². The smallest absolute Gasteiger partial charge is 0.335 e. The summed E-state index contributed by atoms with van der Waals surface area (Å²) in [6.07, 6.45) is -30.1. The molecule has 30 atom stereocenters. The first kappa shape index (κ1) is 69.9. The number of ether oxygens (including phenoxy) is 11. The highest BCUT2D eigenvalue weighted by Gasteiger charge is 2.74. The summed E-state index contributed by atoms with van der Waals surface area (Å²) in [5.41, 5.74) is -3.75. The van der Waals surface area contributed by atoms with Crippen LogP contribution in [0.1, 0.15) is 128 Å². The third kappa shape index (κ3) is 11.8. The van der Waals surface area contributed by atoms with Crippen LogP contribution in [-0.4, -0.2) is 246 Å². The minimum Gasteiger partial charge on any atom is -0.479 e. The van der Waals surface area contributed by atoms with Gasteiger partial charge in [-0.25, -0.2) is 9.59 Å². The molecule has 8 fully saturated rings. The Balaban J connectivity index is 1.01. The maximum atomic E-state index is 13.4. The molecule has 4 saturated carbocycles. The number of carboxylic acid groups (broad SMARTS) is 1. The van der Waals surface area contributed by atoms with Crippen molar-refractivity contribution >= 4 is 23.9 Å². The highest BCUT2D eigenvalue weighted by molar-refractivity contribution is 5.87. The summed E-state index contributed by atoms with van der Waals surface area (Å²) in [5, 5.41) is 134. The highest BCUT2D eigenvalue weighted by atomic mass is 16.8. The first-order chi connectivity index (χ1) is 41.5. The zero-order valence-electron chi connectivity index (χ0n) is 52.7. The highest BCUT2D eigenvalue weighted by Crippen LogP contribution is 2.76. The number of aliphatic hydroxyl groups excluding tert-OH is 11. The van der Waals surface area contributed by atoms with Crippen LogP contribution in [0.25, 0.3) is 0 Å². The molecule has 5 aliphatic carbocycles. The standard InChI is InChI=1S/C62H96O27/c1-13-25(2)52(78)85-46-43(75)55(79-26(3)44(46)80-27(4)66)89-49-50(81-28(5)67)62(24-65)30(20-57(49,6)7)29-14-15-34-59(10)18-17-36(58(8,9)33(59)16-19-60(34,11)61(29,12)21-35(62)68)84-56-48(88-54-41(73)39(71)37(69)31(22-63)82-54)45(42(74)47(87-56)51(76)77)86-53-40(72)38(70)32(23-64)83-53/h13-14,26,30-50,53-56,63-65,68-75H,15-24H2,1-12H3,(H,76,77)/b25-13-/t26-,30?,31+,32-,33?,34?,35+,36-,37-,38-,39-,40+,41+,42-,43+,44-,45-,46-,47-,48+,49-,50-,53-,54-,55-,56+,59-,60+,61+,62-/m0/s1. The summed E-state index contributed by atoms with van der Waals surface area (Å²) >= 11 is 0. The summed E-state index contributed by atoms with van der Waals surface area (Å²) < 4.78 is 67.2. The number of hydrogen-bond donors (Lipinski definition) is 12. The van der Waals surface area contributed by atoms with Gasteiger partial charge in [0, 0.05) is 19.4 Å². The number of carboxylic acids is 1. The van der Waals surface area contributed by atoms with Gasteiger partial charge in [0.2, 0.25) is 0 Å². The molecule has 12 N–H and O–H groups in total. The van der Waals surface area contributed by atoms with Crippen LogP contribution in [0, 0.1) is 50.2 Å². The zero-order valence-corrected chi connectivity index (χ0v) is 52.7. The number of aliphatic hydroxyl groups is 11. The van der Waals surface area contributed by atoms with Gasteiger partial charge in [0.05, 0.1) is 43.5 Å². The van der Waals surface area contributed by atoms with Crippen molar-refractivity contribution in [2.45, 2.75) is 269 Å². The molecule has 0 radical (unpaired) electrons. The van der Waals surface area contributed by atoms with E-state index in [-0.39, 0.29) is 23.8 Å².